The van der Waals surface area contributed by atoms with Crippen LogP contribution in [-0.2, 0) is 4.79 Å². The SMILES string of the molecule is CC(c1ccc(Br)cc1)N1CCN(C(=O)CCCCCCN)CC1. The third kappa shape index (κ3) is 5.87. The molecule has 0 aliphatic carbocycles. The fraction of sp³-hybridized carbons (Fsp3) is 0.632. The maximum atomic E-state index is 12.3. The lowest BCUT2D eigenvalue weighted by Gasteiger charge is -2.38. The van der Waals surface area contributed by atoms with Gasteiger partial charge >= 0.3 is 0 Å². The number of halogens is 1. The van der Waals surface area contributed by atoms with Gasteiger partial charge in [-0.3, -0.25) is 9.69 Å². The maximum absolute atomic E-state index is 12.3. The van der Waals surface area contributed by atoms with Gasteiger partial charge in [0.2, 0.25) is 5.91 Å². The van der Waals surface area contributed by atoms with Gasteiger partial charge in [-0.15, -0.1) is 0 Å². The van der Waals surface area contributed by atoms with E-state index in [1.165, 1.54) is 5.56 Å². The van der Waals surface area contributed by atoms with Gasteiger partial charge in [-0.2, -0.15) is 0 Å². The number of rotatable bonds is 8. The fourth-order valence-corrected chi connectivity index (χ4v) is 3.51. The molecule has 1 aromatic rings. The highest BCUT2D eigenvalue weighted by molar-refractivity contribution is 9.10. The van der Waals surface area contributed by atoms with Crippen molar-refractivity contribution in [3.8, 4) is 0 Å². The summed E-state index contributed by atoms with van der Waals surface area (Å²) < 4.78 is 1.11. The first-order valence-corrected chi connectivity index (χ1v) is 9.88. The first kappa shape index (κ1) is 19.4. The fourth-order valence-electron chi connectivity index (χ4n) is 3.24. The van der Waals surface area contributed by atoms with Gasteiger partial charge in [-0.25, -0.2) is 0 Å². The van der Waals surface area contributed by atoms with Crippen LogP contribution in [0.1, 0.15) is 50.6 Å². The number of carbonyl (C=O) groups is 1. The highest BCUT2D eigenvalue weighted by atomic mass is 79.9. The molecule has 1 aliphatic rings. The topological polar surface area (TPSA) is 49.6 Å². The Labute approximate surface area is 154 Å². The number of hydrogen-bond donors (Lipinski definition) is 1. The number of hydrogen-bond acceptors (Lipinski definition) is 3. The molecule has 1 atom stereocenters. The molecule has 0 bridgehead atoms. The standard InChI is InChI=1S/C19H30BrN3O/c1-16(17-7-9-18(20)10-8-17)22-12-14-23(15-13-22)19(24)6-4-2-3-5-11-21/h7-10,16H,2-6,11-15,21H2,1H3. The van der Waals surface area contributed by atoms with Crippen LogP contribution in [0.4, 0.5) is 0 Å². The first-order chi connectivity index (χ1) is 11.6. The molecule has 2 N–H and O–H groups in total. The second-order valence-electron chi connectivity index (χ2n) is 6.60. The minimum absolute atomic E-state index is 0.318. The Morgan fingerprint density at radius 3 is 2.33 bits per heavy atom. The van der Waals surface area contributed by atoms with E-state index in [0.717, 1.165) is 62.9 Å². The lowest BCUT2D eigenvalue weighted by atomic mass is 10.1. The normalized spacial score (nSPS) is 17.0. The zero-order valence-corrected chi connectivity index (χ0v) is 16.3. The molecule has 1 aromatic carbocycles. The minimum Gasteiger partial charge on any atom is -0.340 e. The molecular weight excluding hydrogens is 366 g/mol. The molecule has 5 heteroatoms. The molecule has 1 amide bonds. The van der Waals surface area contributed by atoms with Gasteiger partial charge in [0.15, 0.2) is 0 Å². The number of carbonyl (C=O) groups excluding carboxylic acids is 1. The summed E-state index contributed by atoms with van der Waals surface area (Å²) in [5, 5.41) is 0. The van der Waals surface area contributed by atoms with E-state index >= 15 is 0 Å². The molecule has 2 rings (SSSR count). The molecule has 1 heterocycles. The minimum atomic E-state index is 0.318. The second kappa shape index (κ2) is 10.2. The summed E-state index contributed by atoms with van der Waals surface area (Å²) >= 11 is 3.48. The average Bonchev–Trinajstić information content (AvgIpc) is 2.61. The molecule has 1 aliphatic heterocycles. The second-order valence-corrected chi connectivity index (χ2v) is 7.51. The van der Waals surface area contributed by atoms with E-state index in [1.807, 2.05) is 4.90 Å². The molecular formula is C19H30BrN3O. The Kier molecular flexibility index (Phi) is 8.22. The predicted molar refractivity (Wildman–Crippen MR) is 103 cm³/mol. The Balaban J connectivity index is 1.72. The van der Waals surface area contributed by atoms with Crippen LogP contribution in [0.25, 0.3) is 0 Å². The van der Waals surface area contributed by atoms with E-state index in [4.69, 9.17) is 5.73 Å². The number of benzene rings is 1. The van der Waals surface area contributed by atoms with E-state index < -0.39 is 0 Å². The zero-order valence-electron chi connectivity index (χ0n) is 14.7. The molecule has 4 nitrogen and oxygen atoms in total. The average molecular weight is 396 g/mol. The Morgan fingerprint density at radius 2 is 1.71 bits per heavy atom. The van der Waals surface area contributed by atoms with E-state index in [1.54, 1.807) is 0 Å². The van der Waals surface area contributed by atoms with Gasteiger partial charge in [0.05, 0.1) is 0 Å². The van der Waals surface area contributed by atoms with Crippen LogP contribution in [0.3, 0.4) is 0 Å². The molecule has 1 fully saturated rings. The van der Waals surface area contributed by atoms with E-state index in [9.17, 15) is 4.79 Å². The van der Waals surface area contributed by atoms with Crippen LogP contribution in [-0.4, -0.2) is 48.4 Å². The highest BCUT2D eigenvalue weighted by Crippen LogP contribution is 2.23. The van der Waals surface area contributed by atoms with Gasteiger partial charge in [-0.1, -0.05) is 40.9 Å². The summed E-state index contributed by atoms with van der Waals surface area (Å²) in [6.45, 7) is 6.61. The van der Waals surface area contributed by atoms with Crippen LogP contribution in [0, 0.1) is 0 Å². The van der Waals surface area contributed by atoms with Crippen LogP contribution >= 0.6 is 15.9 Å². The molecule has 24 heavy (non-hydrogen) atoms. The Morgan fingerprint density at radius 1 is 1.08 bits per heavy atom. The lowest BCUT2D eigenvalue weighted by Crippen LogP contribution is -2.49. The summed E-state index contributed by atoms with van der Waals surface area (Å²) in [5.41, 5.74) is 6.82. The first-order valence-electron chi connectivity index (χ1n) is 9.09. The summed E-state index contributed by atoms with van der Waals surface area (Å²) in [5.74, 6) is 0.318. The van der Waals surface area contributed by atoms with Crippen molar-refractivity contribution >= 4 is 21.8 Å². The molecule has 1 saturated heterocycles. The third-order valence-electron chi connectivity index (χ3n) is 4.91. The number of amides is 1. The van der Waals surface area contributed by atoms with E-state index in [0.29, 0.717) is 18.4 Å². The van der Waals surface area contributed by atoms with Crippen molar-refractivity contribution in [2.24, 2.45) is 5.73 Å². The van der Waals surface area contributed by atoms with Crippen LogP contribution in [0.2, 0.25) is 0 Å². The van der Waals surface area contributed by atoms with Gasteiger partial charge in [0, 0.05) is 43.1 Å². The van der Waals surface area contributed by atoms with Gasteiger partial charge < -0.3 is 10.6 Å². The molecule has 0 spiro atoms. The monoisotopic (exact) mass is 395 g/mol. The van der Waals surface area contributed by atoms with Crippen molar-refractivity contribution in [1.82, 2.24) is 9.80 Å². The predicted octanol–water partition coefficient (Wildman–Crippen LogP) is 3.56. The van der Waals surface area contributed by atoms with Gasteiger partial charge in [0.25, 0.3) is 0 Å². The van der Waals surface area contributed by atoms with Crippen LogP contribution in [0.5, 0.6) is 0 Å². The van der Waals surface area contributed by atoms with Crippen molar-refractivity contribution in [2.75, 3.05) is 32.7 Å². The Hall–Kier alpha value is -0.910. The smallest absolute Gasteiger partial charge is 0.222 e. The molecule has 0 saturated carbocycles. The lowest BCUT2D eigenvalue weighted by molar-refractivity contribution is -0.133. The number of piperazine rings is 1. The number of unbranched alkanes of at least 4 members (excludes halogenated alkanes) is 3. The van der Waals surface area contributed by atoms with Crippen LogP contribution < -0.4 is 5.73 Å². The zero-order chi connectivity index (χ0) is 17.4. The summed E-state index contributed by atoms with van der Waals surface area (Å²) in [6, 6.07) is 8.93. The van der Waals surface area contributed by atoms with E-state index in [2.05, 4.69) is 52.0 Å². The maximum Gasteiger partial charge on any atom is 0.222 e. The summed E-state index contributed by atoms with van der Waals surface area (Å²) in [4.78, 5) is 16.8. The van der Waals surface area contributed by atoms with Crippen molar-refractivity contribution in [2.45, 2.75) is 45.1 Å². The number of nitrogens with two attached hydrogens (primary N) is 1. The molecule has 134 valence electrons. The van der Waals surface area contributed by atoms with E-state index in [-0.39, 0.29) is 0 Å². The van der Waals surface area contributed by atoms with Crippen molar-refractivity contribution < 1.29 is 4.79 Å². The van der Waals surface area contributed by atoms with Gasteiger partial charge in [0.1, 0.15) is 0 Å². The largest absolute Gasteiger partial charge is 0.340 e. The summed E-state index contributed by atoms with van der Waals surface area (Å²) in [6.07, 6.45) is 5.01. The van der Waals surface area contributed by atoms with Crippen LogP contribution in [0.15, 0.2) is 28.7 Å². The number of nitrogens with zero attached hydrogens (tertiary/aromatic N) is 2. The van der Waals surface area contributed by atoms with Gasteiger partial charge in [-0.05, 0) is 44.0 Å². The molecule has 0 aromatic heterocycles. The molecule has 0 radical (unpaired) electrons. The highest BCUT2D eigenvalue weighted by Gasteiger charge is 2.24. The molecule has 1 unspecified atom stereocenters. The quantitative estimate of drug-likeness (QED) is 0.684. The summed E-state index contributed by atoms with van der Waals surface area (Å²) in [7, 11) is 0. The Bertz CT molecular complexity index is 498. The van der Waals surface area contributed by atoms with Crippen molar-refractivity contribution in [3.05, 3.63) is 34.3 Å². The third-order valence-corrected chi connectivity index (χ3v) is 5.44. The van der Waals surface area contributed by atoms with Crippen molar-refractivity contribution in [1.29, 1.82) is 0 Å². The van der Waals surface area contributed by atoms with Crippen molar-refractivity contribution in [3.63, 3.8) is 0 Å².